The van der Waals surface area contributed by atoms with Gasteiger partial charge in [-0.3, -0.25) is 4.79 Å². The van der Waals surface area contributed by atoms with Gasteiger partial charge in [0.05, 0.1) is 11.8 Å². The molecule has 0 saturated heterocycles. The molecule has 0 spiro atoms. The minimum absolute atomic E-state index is 0.234. The van der Waals surface area contributed by atoms with Gasteiger partial charge < -0.3 is 10.3 Å². The smallest absolute Gasteiger partial charge is 0.383 e. The summed E-state index contributed by atoms with van der Waals surface area (Å²) in [5.74, 6) is 1.78. The summed E-state index contributed by atoms with van der Waals surface area (Å²) in [6.07, 6.45) is 0. The Kier molecular flexibility index (Phi) is 3.49. The maximum absolute atomic E-state index is 10.8. The zero-order valence-electron chi connectivity index (χ0n) is 8.62. The van der Waals surface area contributed by atoms with E-state index in [0.717, 1.165) is 0 Å². The van der Waals surface area contributed by atoms with Crippen molar-refractivity contribution in [1.29, 1.82) is 0 Å². The lowest BCUT2D eigenvalue weighted by atomic mass is 10.3. The molecule has 3 N–H and O–H groups in total. The van der Waals surface area contributed by atoms with Crippen LogP contribution in [0.25, 0.3) is 0 Å². The molecule has 2 rings (SSSR count). The first-order valence-corrected chi connectivity index (χ1v) is 5.85. The highest BCUT2D eigenvalue weighted by atomic mass is 32.2. The first-order valence-electron chi connectivity index (χ1n) is 4.70. The number of carbonyl (C=O) groups excluding carboxylic acids is 1. The molecule has 1 aromatic heterocycles. The molecule has 1 atom stereocenters. The van der Waals surface area contributed by atoms with E-state index in [1.165, 1.54) is 17.8 Å². The summed E-state index contributed by atoms with van der Waals surface area (Å²) in [6.45, 7) is 0. The van der Waals surface area contributed by atoms with Crippen LogP contribution in [0.15, 0.2) is 30.6 Å². The topological polar surface area (TPSA) is 126 Å². The fourth-order valence-electron chi connectivity index (χ4n) is 1.15. The third kappa shape index (κ3) is 3.11. The van der Waals surface area contributed by atoms with E-state index in [2.05, 4.69) is 20.4 Å². The molecule has 0 aromatic carbocycles. The maximum Gasteiger partial charge on any atom is 0.387 e. The Morgan fingerprint density at radius 1 is 1.47 bits per heavy atom. The van der Waals surface area contributed by atoms with Gasteiger partial charge in [-0.15, -0.1) is 5.11 Å². The van der Waals surface area contributed by atoms with Crippen LogP contribution in [0.2, 0.25) is 0 Å². The number of urea groups is 1. The van der Waals surface area contributed by atoms with Crippen LogP contribution in [0.5, 0.6) is 0 Å². The lowest BCUT2D eigenvalue weighted by molar-refractivity contribution is 0.257. The van der Waals surface area contributed by atoms with Crippen molar-refractivity contribution in [3.8, 4) is 0 Å². The molecule has 1 unspecified atom stereocenters. The van der Waals surface area contributed by atoms with E-state index >= 15 is 0 Å². The number of nitrogens with two attached hydrogens (primary N) is 1. The molecule has 0 aliphatic carbocycles. The molecule has 9 heteroatoms. The normalized spacial score (nSPS) is 16.3. The monoisotopic (exact) mass is 255 g/mol. The van der Waals surface area contributed by atoms with Crippen molar-refractivity contribution in [3.05, 3.63) is 22.2 Å². The first kappa shape index (κ1) is 11.7. The molecule has 0 fully saturated rings. The van der Waals surface area contributed by atoms with Gasteiger partial charge in [-0.1, -0.05) is 5.11 Å². The number of nitrogens with zero attached hydrogens (tertiary/aromatic N) is 3. The summed E-state index contributed by atoms with van der Waals surface area (Å²) >= 11 is 1.44. The van der Waals surface area contributed by atoms with E-state index < -0.39 is 12.1 Å². The van der Waals surface area contributed by atoms with Crippen LogP contribution >= 0.6 is 11.8 Å². The second-order valence-electron chi connectivity index (χ2n) is 3.25. The number of amides is 2. The van der Waals surface area contributed by atoms with Crippen molar-refractivity contribution in [2.45, 2.75) is 11.8 Å². The van der Waals surface area contributed by atoms with E-state index in [1.807, 2.05) is 0 Å². The van der Waals surface area contributed by atoms with Crippen LogP contribution in [0.3, 0.4) is 0 Å². The summed E-state index contributed by atoms with van der Waals surface area (Å²) in [5, 5.41) is 8.98. The molecule has 0 bridgehead atoms. The van der Waals surface area contributed by atoms with Crippen molar-refractivity contribution in [2.75, 3.05) is 5.75 Å². The Morgan fingerprint density at radius 3 is 2.88 bits per heavy atom. The average molecular weight is 255 g/mol. The van der Waals surface area contributed by atoms with E-state index in [9.17, 15) is 9.59 Å². The molecule has 1 aliphatic heterocycles. The van der Waals surface area contributed by atoms with Gasteiger partial charge in [0, 0.05) is 11.8 Å². The Balaban J connectivity index is 1.79. The molecule has 90 valence electrons. The molecule has 0 saturated carbocycles. The SMILES string of the molecule is NC(CSCc1cc(=O)[nH]o1)C1=NC(=O)N=N1. The lowest BCUT2D eigenvalue weighted by Gasteiger charge is -2.06. The van der Waals surface area contributed by atoms with Crippen molar-refractivity contribution in [2.24, 2.45) is 21.0 Å². The standard InChI is InChI=1S/C8H9N5O3S/c9-5(7-10-8(15)12-11-7)3-17-2-4-1-6(14)13-16-4/h1,5H,2-3,9H2,(H,13,14). The Morgan fingerprint density at radius 2 is 2.29 bits per heavy atom. The van der Waals surface area contributed by atoms with Gasteiger partial charge in [0.15, 0.2) is 5.84 Å². The molecule has 2 amide bonds. The fourth-order valence-corrected chi connectivity index (χ4v) is 2.01. The number of hydrogen-bond donors (Lipinski definition) is 2. The number of azo groups is 1. The van der Waals surface area contributed by atoms with Crippen molar-refractivity contribution < 1.29 is 9.32 Å². The summed E-state index contributed by atoms with van der Waals surface area (Å²) < 4.78 is 4.86. The fraction of sp³-hybridized carbons (Fsp3) is 0.375. The molecule has 1 aliphatic rings. The third-order valence-corrected chi connectivity index (χ3v) is 2.98. The molecule has 17 heavy (non-hydrogen) atoms. The van der Waals surface area contributed by atoms with Gasteiger partial charge in [-0.05, 0) is 0 Å². The minimum atomic E-state index is -0.628. The Bertz CT molecular complexity index is 531. The number of aliphatic imine (C=N–C) groups is 1. The van der Waals surface area contributed by atoms with Crippen LogP contribution in [-0.4, -0.2) is 28.8 Å². The van der Waals surface area contributed by atoms with Crippen molar-refractivity contribution in [1.82, 2.24) is 5.16 Å². The zero-order chi connectivity index (χ0) is 12.3. The van der Waals surface area contributed by atoms with Gasteiger partial charge in [-0.25, -0.2) is 4.79 Å². The summed E-state index contributed by atoms with van der Waals surface area (Å²) in [4.78, 5) is 25.0. The average Bonchev–Trinajstić information content (AvgIpc) is 2.88. The molecular weight excluding hydrogens is 246 g/mol. The van der Waals surface area contributed by atoms with Crippen LogP contribution in [0.4, 0.5) is 4.79 Å². The predicted molar refractivity (Wildman–Crippen MR) is 61.2 cm³/mol. The van der Waals surface area contributed by atoms with E-state index in [4.69, 9.17) is 10.3 Å². The quantitative estimate of drug-likeness (QED) is 0.792. The number of amidine groups is 1. The van der Waals surface area contributed by atoms with E-state index in [1.54, 1.807) is 0 Å². The summed E-state index contributed by atoms with van der Waals surface area (Å²) in [7, 11) is 0. The summed E-state index contributed by atoms with van der Waals surface area (Å²) in [6, 6.07) is 0.285. The highest BCUT2D eigenvalue weighted by Gasteiger charge is 2.17. The van der Waals surface area contributed by atoms with Crippen LogP contribution < -0.4 is 11.3 Å². The van der Waals surface area contributed by atoms with Crippen LogP contribution in [-0.2, 0) is 5.75 Å². The lowest BCUT2D eigenvalue weighted by Crippen LogP contribution is -2.31. The minimum Gasteiger partial charge on any atom is -0.383 e. The number of thioether (sulfide) groups is 1. The van der Waals surface area contributed by atoms with E-state index in [0.29, 0.717) is 17.3 Å². The highest BCUT2D eigenvalue weighted by Crippen LogP contribution is 2.12. The maximum atomic E-state index is 10.8. The zero-order valence-corrected chi connectivity index (χ0v) is 9.44. The van der Waals surface area contributed by atoms with Gasteiger partial charge in [0.1, 0.15) is 5.76 Å². The molecule has 8 nitrogen and oxygen atoms in total. The number of aromatic nitrogens is 1. The van der Waals surface area contributed by atoms with Crippen molar-refractivity contribution in [3.63, 3.8) is 0 Å². The highest BCUT2D eigenvalue weighted by molar-refractivity contribution is 7.98. The summed E-state index contributed by atoms with van der Waals surface area (Å²) in [5.41, 5.74) is 5.48. The molecule has 1 aromatic rings. The Labute approximate surface area is 99.3 Å². The van der Waals surface area contributed by atoms with Crippen molar-refractivity contribution >= 4 is 23.6 Å². The van der Waals surface area contributed by atoms with E-state index in [-0.39, 0.29) is 11.4 Å². The Hall–Kier alpha value is -1.74. The molecule has 2 heterocycles. The van der Waals surface area contributed by atoms with Gasteiger partial charge in [-0.2, -0.15) is 21.9 Å². The van der Waals surface area contributed by atoms with Crippen LogP contribution in [0.1, 0.15) is 5.76 Å². The molecular formula is C8H9N5O3S. The van der Waals surface area contributed by atoms with Gasteiger partial charge >= 0.3 is 6.03 Å². The van der Waals surface area contributed by atoms with Gasteiger partial charge in [0.2, 0.25) is 0 Å². The number of rotatable bonds is 5. The second kappa shape index (κ2) is 5.06. The van der Waals surface area contributed by atoms with Crippen LogP contribution in [0, 0.1) is 0 Å². The first-order chi connectivity index (χ1) is 8.15. The second-order valence-corrected chi connectivity index (χ2v) is 4.28. The number of hydrogen-bond acceptors (Lipinski definition) is 6. The number of carbonyl (C=O) groups is 1. The molecule has 0 radical (unpaired) electrons. The predicted octanol–water partition coefficient (Wildman–Crippen LogP) is 0.513. The number of nitrogens with one attached hydrogen (secondary N) is 1. The number of H-pyrrole nitrogens is 1. The van der Waals surface area contributed by atoms with Gasteiger partial charge in [0.25, 0.3) is 5.56 Å². The largest absolute Gasteiger partial charge is 0.387 e. The number of aromatic amines is 1. The third-order valence-electron chi connectivity index (χ3n) is 1.90.